The Morgan fingerprint density at radius 2 is 2.00 bits per heavy atom. The van der Waals surface area contributed by atoms with Gasteiger partial charge in [-0.15, -0.1) is 0 Å². The third kappa shape index (κ3) is 4.59. The molecular formula is C16H16FN3O2. The lowest BCUT2D eigenvalue weighted by atomic mass is 10.1. The number of nitrogens with two attached hydrogens (primary N) is 1. The van der Waals surface area contributed by atoms with Crippen LogP contribution in [0.25, 0.3) is 0 Å². The highest BCUT2D eigenvalue weighted by Gasteiger charge is 2.03. The molecule has 0 unspecified atom stereocenters. The number of benzene rings is 2. The highest BCUT2D eigenvalue weighted by atomic mass is 19.1. The van der Waals surface area contributed by atoms with Crippen LogP contribution in [0.1, 0.15) is 12.5 Å². The van der Waals surface area contributed by atoms with Crippen molar-refractivity contribution in [1.29, 1.82) is 0 Å². The van der Waals surface area contributed by atoms with Crippen LogP contribution in [0.15, 0.2) is 53.6 Å². The third-order valence-electron chi connectivity index (χ3n) is 2.84. The van der Waals surface area contributed by atoms with Crippen molar-refractivity contribution in [2.24, 2.45) is 5.10 Å². The van der Waals surface area contributed by atoms with Crippen LogP contribution in [0.3, 0.4) is 0 Å². The summed E-state index contributed by atoms with van der Waals surface area (Å²) in [5.74, 6) is -0.361. The summed E-state index contributed by atoms with van der Waals surface area (Å²) in [5.41, 5.74) is 10.1. The first-order valence-electron chi connectivity index (χ1n) is 6.62. The van der Waals surface area contributed by atoms with E-state index >= 15 is 0 Å². The highest BCUT2D eigenvalue weighted by Crippen LogP contribution is 2.10. The van der Waals surface area contributed by atoms with E-state index in [4.69, 9.17) is 10.5 Å². The molecule has 3 N–H and O–H groups in total. The molecule has 114 valence electrons. The Kier molecular flexibility index (Phi) is 5.08. The molecule has 0 saturated heterocycles. The summed E-state index contributed by atoms with van der Waals surface area (Å²) < 4.78 is 17.9. The standard InChI is InChI=1S/C16H16FN3O2/c1-11(12-3-2-4-14(18)9-12)19-20-16(21)10-22-15-7-5-13(17)6-8-15/h2-9H,10,18H2,1H3,(H,20,21)/b19-11+. The van der Waals surface area contributed by atoms with Crippen molar-refractivity contribution in [1.82, 2.24) is 5.43 Å². The Bertz CT molecular complexity index is 684. The van der Waals surface area contributed by atoms with Gasteiger partial charge in [0.25, 0.3) is 5.91 Å². The number of rotatable bonds is 5. The summed E-state index contributed by atoms with van der Waals surface area (Å²) in [7, 11) is 0. The fourth-order valence-electron chi connectivity index (χ4n) is 1.69. The van der Waals surface area contributed by atoms with Crippen LogP contribution >= 0.6 is 0 Å². The van der Waals surface area contributed by atoms with Gasteiger partial charge < -0.3 is 10.5 Å². The number of nitrogens with zero attached hydrogens (tertiary/aromatic N) is 1. The lowest BCUT2D eigenvalue weighted by Crippen LogP contribution is -2.25. The molecule has 6 heteroatoms. The maximum Gasteiger partial charge on any atom is 0.277 e. The van der Waals surface area contributed by atoms with Crippen LogP contribution in [-0.4, -0.2) is 18.2 Å². The van der Waals surface area contributed by atoms with Gasteiger partial charge >= 0.3 is 0 Å². The minimum Gasteiger partial charge on any atom is -0.484 e. The van der Waals surface area contributed by atoms with Crippen LogP contribution in [0.5, 0.6) is 5.75 Å². The lowest BCUT2D eigenvalue weighted by molar-refractivity contribution is -0.123. The quantitative estimate of drug-likeness (QED) is 0.505. The van der Waals surface area contributed by atoms with Gasteiger partial charge in [-0.25, -0.2) is 9.82 Å². The fourth-order valence-corrected chi connectivity index (χ4v) is 1.69. The number of carbonyl (C=O) groups is 1. The Morgan fingerprint density at radius 3 is 2.68 bits per heavy atom. The molecule has 0 fully saturated rings. The molecule has 2 aromatic rings. The molecule has 0 atom stereocenters. The summed E-state index contributed by atoms with van der Waals surface area (Å²) in [6.45, 7) is 1.55. The smallest absolute Gasteiger partial charge is 0.277 e. The van der Waals surface area contributed by atoms with Gasteiger partial charge in [0.05, 0.1) is 5.71 Å². The molecule has 0 heterocycles. The first kappa shape index (κ1) is 15.5. The molecule has 0 spiro atoms. The van der Waals surface area contributed by atoms with Crippen molar-refractivity contribution in [2.45, 2.75) is 6.92 Å². The number of hydrogen-bond donors (Lipinski definition) is 2. The van der Waals surface area contributed by atoms with Gasteiger partial charge in [0.1, 0.15) is 11.6 Å². The number of hydrogen-bond acceptors (Lipinski definition) is 4. The third-order valence-corrected chi connectivity index (χ3v) is 2.84. The van der Waals surface area contributed by atoms with Crippen molar-refractivity contribution in [2.75, 3.05) is 12.3 Å². The Balaban J connectivity index is 1.86. The number of ether oxygens (including phenoxy) is 1. The minimum absolute atomic E-state index is 0.209. The van der Waals surface area contributed by atoms with Crippen molar-refractivity contribution >= 4 is 17.3 Å². The number of hydrazone groups is 1. The topological polar surface area (TPSA) is 76.7 Å². The largest absolute Gasteiger partial charge is 0.484 e. The van der Waals surface area contributed by atoms with Gasteiger partial charge in [0.15, 0.2) is 6.61 Å². The Hall–Kier alpha value is -2.89. The van der Waals surface area contributed by atoms with Crippen LogP contribution in [0.2, 0.25) is 0 Å². The molecule has 2 aromatic carbocycles. The van der Waals surface area contributed by atoms with Crippen LogP contribution in [-0.2, 0) is 4.79 Å². The zero-order valence-electron chi connectivity index (χ0n) is 12.0. The van der Waals surface area contributed by atoms with Crippen LogP contribution < -0.4 is 15.9 Å². The summed E-state index contributed by atoms with van der Waals surface area (Å²) in [6, 6.07) is 12.6. The molecule has 0 radical (unpaired) electrons. The van der Waals surface area contributed by atoms with E-state index in [1.165, 1.54) is 24.3 Å². The lowest BCUT2D eigenvalue weighted by Gasteiger charge is -2.06. The molecule has 0 saturated carbocycles. The first-order valence-corrected chi connectivity index (χ1v) is 6.62. The van der Waals surface area contributed by atoms with Gasteiger partial charge in [-0.1, -0.05) is 12.1 Å². The van der Waals surface area contributed by atoms with Crippen molar-refractivity contribution in [3.05, 3.63) is 59.9 Å². The van der Waals surface area contributed by atoms with E-state index in [1.54, 1.807) is 19.1 Å². The van der Waals surface area contributed by atoms with Gasteiger partial charge in [-0.2, -0.15) is 5.10 Å². The van der Waals surface area contributed by atoms with E-state index in [0.717, 1.165) is 5.56 Å². The maximum absolute atomic E-state index is 12.7. The Labute approximate surface area is 127 Å². The van der Waals surface area contributed by atoms with Gasteiger partial charge in [0, 0.05) is 5.69 Å². The molecule has 0 aliphatic heterocycles. The van der Waals surface area contributed by atoms with E-state index < -0.39 is 5.91 Å². The molecule has 22 heavy (non-hydrogen) atoms. The fraction of sp³-hybridized carbons (Fsp3) is 0.125. The number of anilines is 1. The van der Waals surface area contributed by atoms with Gasteiger partial charge in [-0.05, 0) is 48.9 Å². The number of nitrogens with one attached hydrogen (secondary N) is 1. The van der Waals surface area contributed by atoms with E-state index in [1.807, 2.05) is 12.1 Å². The van der Waals surface area contributed by atoms with E-state index in [2.05, 4.69) is 10.5 Å². The Morgan fingerprint density at radius 1 is 1.27 bits per heavy atom. The summed E-state index contributed by atoms with van der Waals surface area (Å²) in [6.07, 6.45) is 0. The van der Waals surface area contributed by atoms with E-state index in [9.17, 15) is 9.18 Å². The molecule has 2 rings (SSSR count). The highest BCUT2D eigenvalue weighted by molar-refractivity contribution is 5.99. The van der Waals surface area contributed by atoms with Crippen LogP contribution in [0.4, 0.5) is 10.1 Å². The molecule has 0 aliphatic rings. The molecule has 5 nitrogen and oxygen atoms in total. The second-order valence-corrected chi connectivity index (χ2v) is 4.60. The summed E-state index contributed by atoms with van der Waals surface area (Å²) in [4.78, 5) is 11.6. The van der Waals surface area contributed by atoms with Gasteiger partial charge in [0.2, 0.25) is 0 Å². The van der Waals surface area contributed by atoms with Crippen molar-refractivity contribution in [3.8, 4) is 5.75 Å². The van der Waals surface area contributed by atoms with Gasteiger partial charge in [-0.3, -0.25) is 4.79 Å². The summed E-state index contributed by atoms with van der Waals surface area (Å²) >= 11 is 0. The average Bonchev–Trinajstić information content (AvgIpc) is 2.52. The number of amides is 1. The predicted octanol–water partition coefficient (Wildman–Crippen LogP) is 2.33. The van der Waals surface area contributed by atoms with E-state index in [-0.39, 0.29) is 12.4 Å². The predicted molar refractivity (Wildman–Crippen MR) is 83.1 cm³/mol. The molecule has 0 aliphatic carbocycles. The zero-order chi connectivity index (χ0) is 15.9. The second-order valence-electron chi connectivity index (χ2n) is 4.60. The number of halogens is 1. The van der Waals surface area contributed by atoms with E-state index in [0.29, 0.717) is 17.1 Å². The van der Waals surface area contributed by atoms with Crippen molar-refractivity contribution < 1.29 is 13.9 Å². The average molecular weight is 301 g/mol. The zero-order valence-corrected chi connectivity index (χ0v) is 12.0. The molecule has 0 bridgehead atoms. The number of nitrogen functional groups attached to an aromatic ring is 1. The van der Waals surface area contributed by atoms with Crippen molar-refractivity contribution in [3.63, 3.8) is 0 Å². The second kappa shape index (κ2) is 7.21. The first-order chi connectivity index (χ1) is 10.5. The normalized spacial score (nSPS) is 11.1. The molecule has 1 amide bonds. The SMILES string of the molecule is C/C(=N\NC(=O)COc1ccc(F)cc1)c1cccc(N)c1. The summed E-state index contributed by atoms with van der Waals surface area (Å²) in [5, 5.41) is 3.98. The number of carbonyl (C=O) groups excluding carboxylic acids is 1. The maximum atomic E-state index is 12.7. The molecule has 0 aromatic heterocycles. The minimum atomic E-state index is -0.410. The molecular weight excluding hydrogens is 285 g/mol. The monoisotopic (exact) mass is 301 g/mol. The van der Waals surface area contributed by atoms with Crippen LogP contribution in [0, 0.1) is 5.82 Å².